The normalized spacial score (nSPS) is 44.7. The first-order chi connectivity index (χ1) is 8.81. The average Bonchev–Trinajstić information content (AvgIpc) is 2.92. The van der Waals surface area contributed by atoms with E-state index >= 15 is 0 Å². The van der Waals surface area contributed by atoms with Crippen molar-refractivity contribution in [3.8, 4) is 0 Å². The Balaban J connectivity index is 1.62. The highest BCUT2D eigenvalue weighted by atomic mass is 32.2. The van der Waals surface area contributed by atoms with Crippen molar-refractivity contribution in [2.75, 3.05) is 12.8 Å². The van der Waals surface area contributed by atoms with Gasteiger partial charge in [-0.15, -0.1) is 0 Å². The van der Waals surface area contributed by atoms with Crippen LogP contribution in [0, 0.1) is 0 Å². The monoisotopic (exact) mass is 268 g/mol. The van der Waals surface area contributed by atoms with E-state index in [-0.39, 0.29) is 0 Å². The molecule has 0 spiro atoms. The molecular formula is C15H28N2S. The molecule has 3 heteroatoms. The predicted octanol–water partition coefficient (Wildman–Crippen LogP) is 2.88. The van der Waals surface area contributed by atoms with Crippen molar-refractivity contribution in [3.63, 3.8) is 0 Å². The first kappa shape index (κ1) is 13.3. The topological polar surface area (TPSA) is 15.3 Å². The molecule has 0 aromatic carbocycles. The van der Waals surface area contributed by atoms with Crippen LogP contribution in [0.25, 0.3) is 0 Å². The van der Waals surface area contributed by atoms with Crippen LogP contribution in [0.4, 0.5) is 0 Å². The van der Waals surface area contributed by atoms with Crippen molar-refractivity contribution in [2.24, 2.45) is 0 Å². The van der Waals surface area contributed by atoms with Crippen molar-refractivity contribution in [1.29, 1.82) is 0 Å². The second-order valence-electron chi connectivity index (χ2n) is 6.38. The van der Waals surface area contributed by atoms with Crippen molar-refractivity contribution < 1.29 is 0 Å². The standard InChI is InChI=1S/C15H28N2S/c1-3-16-11-8-12-4-5-13(9-11)17(12)14-6-7-15(10-14)18-2/h11-16H,3-10H2,1-2H3. The molecule has 2 heterocycles. The Kier molecular flexibility index (Phi) is 4.21. The fraction of sp³-hybridized carbons (Fsp3) is 1.00. The molecule has 18 heavy (non-hydrogen) atoms. The van der Waals surface area contributed by atoms with Gasteiger partial charge in [-0.25, -0.2) is 0 Å². The highest BCUT2D eigenvalue weighted by Gasteiger charge is 2.45. The van der Waals surface area contributed by atoms with Crippen LogP contribution in [-0.4, -0.2) is 47.1 Å². The highest BCUT2D eigenvalue weighted by molar-refractivity contribution is 7.99. The maximum Gasteiger partial charge on any atom is 0.0116 e. The molecule has 4 atom stereocenters. The molecule has 0 radical (unpaired) electrons. The van der Waals surface area contributed by atoms with E-state index in [2.05, 4.69) is 35.2 Å². The Morgan fingerprint density at radius 3 is 2.17 bits per heavy atom. The maximum atomic E-state index is 3.69. The zero-order chi connectivity index (χ0) is 12.5. The summed E-state index contributed by atoms with van der Waals surface area (Å²) in [6, 6.07) is 3.53. The number of nitrogens with zero attached hydrogens (tertiary/aromatic N) is 1. The lowest BCUT2D eigenvalue weighted by atomic mass is 9.95. The van der Waals surface area contributed by atoms with E-state index in [1.54, 1.807) is 0 Å². The second kappa shape index (κ2) is 5.72. The Hall–Kier alpha value is 0.270. The minimum Gasteiger partial charge on any atom is -0.314 e. The number of rotatable bonds is 4. The number of hydrogen-bond donors (Lipinski definition) is 1. The van der Waals surface area contributed by atoms with Crippen molar-refractivity contribution in [3.05, 3.63) is 0 Å². The third-order valence-corrected chi connectivity index (χ3v) is 6.49. The summed E-state index contributed by atoms with van der Waals surface area (Å²) >= 11 is 2.09. The lowest BCUT2D eigenvalue weighted by Crippen LogP contribution is -2.52. The van der Waals surface area contributed by atoms with Gasteiger partial charge in [0.25, 0.3) is 0 Å². The van der Waals surface area contributed by atoms with E-state index in [0.29, 0.717) is 0 Å². The van der Waals surface area contributed by atoms with Gasteiger partial charge < -0.3 is 5.32 Å². The minimum atomic E-state index is 0.807. The van der Waals surface area contributed by atoms with Gasteiger partial charge in [-0.05, 0) is 57.7 Å². The maximum absolute atomic E-state index is 3.69. The van der Waals surface area contributed by atoms with Crippen LogP contribution in [-0.2, 0) is 0 Å². The van der Waals surface area contributed by atoms with Crippen LogP contribution in [0.3, 0.4) is 0 Å². The molecule has 0 amide bonds. The zero-order valence-corrected chi connectivity index (χ0v) is 12.7. The molecule has 2 nitrogen and oxygen atoms in total. The second-order valence-corrected chi connectivity index (χ2v) is 7.52. The highest BCUT2D eigenvalue weighted by Crippen LogP contribution is 2.42. The summed E-state index contributed by atoms with van der Waals surface area (Å²) in [5.74, 6) is 0. The molecule has 2 saturated heterocycles. The van der Waals surface area contributed by atoms with Crippen molar-refractivity contribution in [1.82, 2.24) is 10.2 Å². The fourth-order valence-corrected chi connectivity index (χ4v) is 5.45. The van der Waals surface area contributed by atoms with Gasteiger partial charge in [0.1, 0.15) is 0 Å². The van der Waals surface area contributed by atoms with Crippen LogP contribution in [0.1, 0.15) is 51.9 Å². The molecule has 0 aromatic heterocycles. The molecular weight excluding hydrogens is 240 g/mol. The summed E-state index contributed by atoms with van der Waals surface area (Å²) in [4.78, 5) is 2.95. The van der Waals surface area contributed by atoms with Crippen LogP contribution in [0.2, 0.25) is 0 Å². The lowest BCUT2D eigenvalue weighted by molar-refractivity contribution is 0.0728. The van der Waals surface area contributed by atoms with Crippen LogP contribution >= 0.6 is 11.8 Å². The lowest BCUT2D eigenvalue weighted by Gasteiger charge is -2.43. The number of hydrogen-bond acceptors (Lipinski definition) is 3. The Morgan fingerprint density at radius 2 is 1.61 bits per heavy atom. The van der Waals surface area contributed by atoms with Crippen LogP contribution in [0.15, 0.2) is 0 Å². The SMILES string of the molecule is CCNC1CC2CCC(C1)N2C1CCC(SC)C1. The van der Waals surface area contributed by atoms with Crippen LogP contribution < -0.4 is 5.32 Å². The molecule has 1 aliphatic carbocycles. The Bertz CT molecular complexity index is 270. The molecule has 1 saturated carbocycles. The van der Waals surface area contributed by atoms with Gasteiger partial charge in [-0.1, -0.05) is 6.92 Å². The van der Waals surface area contributed by atoms with E-state index in [1.165, 1.54) is 44.9 Å². The van der Waals surface area contributed by atoms with Gasteiger partial charge >= 0.3 is 0 Å². The summed E-state index contributed by atoms with van der Waals surface area (Å²) in [5, 5.41) is 4.63. The molecule has 104 valence electrons. The molecule has 0 aromatic rings. The summed E-state index contributed by atoms with van der Waals surface area (Å²) < 4.78 is 0. The number of fused-ring (bicyclic) bond motifs is 2. The Morgan fingerprint density at radius 1 is 1.00 bits per heavy atom. The van der Waals surface area contributed by atoms with E-state index in [4.69, 9.17) is 0 Å². The third-order valence-electron chi connectivity index (χ3n) is 5.39. The molecule has 2 bridgehead atoms. The molecule has 2 aliphatic heterocycles. The van der Waals surface area contributed by atoms with E-state index < -0.39 is 0 Å². The molecule has 3 rings (SSSR count). The largest absolute Gasteiger partial charge is 0.314 e. The summed E-state index contributed by atoms with van der Waals surface area (Å²) in [6.07, 6.45) is 12.4. The molecule has 3 fully saturated rings. The zero-order valence-electron chi connectivity index (χ0n) is 11.9. The number of nitrogens with one attached hydrogen (secondary N) is 1. The summed E-state index contributed by atoms with van der Waals surface area (Å²) in [7, 11) is 0. The average molecular weight is 268 g/mol. The summed E-state index contributed by atoms with van der Waals surface area (Å²) in [5.41, 5.74) is 0. The van der Waals surface area contributed by atoms with E-state index in [9.17, 15) is 0 Å². The third kappa shape index (κ3) is 2.46. The predicted molar refractivity (Wildman–Crippen MR) is 80.3 cm³/mol. The van der Waals surface area contributed by atoms with E-state index in [0.717, 1.165) is 36.0 Å². The summed E-state index contributed by atoms with van der Waals surface area (Å²) in [6.45, 7) is 3.39. The van der Waals surface area contributed by atoms with Gasteiger partial charge in [0.05, 0.1) is 0 Å². The Labute approximate surface area is 116 Å². The first-order valence-corrected chi connectivity index (χ1v) is 9.14. The van der Waals surface area contributed by atoms with Gasteiger partial charge in [0.2, 0.25) is 0 Å². The van der Waals surface area contributed by atoms with Crippen molar-refractivity contribution >= 4 is 11.8 Å². The minimum absolute atomic E-state index is 0.807. The van der Waals surface area contributed by atoms with Crippen molar-refractivity contribution in [2.45, 2.75) is 81.3 Å². The van der Waals surface area contributed by atoms with Gasteiger partial charge in [-0.2, -0.15) is 11.8 Å². The molecule has 3 aliphatic rings. The number of thioether (sulfide) groups is 1. The van der Waals surface area contributed by atoms with Gasteiger partial charge in [-0.3, -0.25) is 4.90 Å². The smallest absolute Gasteiger partial charge is 0.0116 e. The molecule has 4 unspecified atom stereocenters. The quantitative estimate of drug-likeness (QED) is 0.844. The van der Waals surface area contributed by atoms with Gasteiger partial charge in [0.15, 0.2) is 0 Å². The number of piperidine rings is 1. The van der Waals surface area contributed by atoms with Gasteiger partial charge in [0, 0.05) is 29.4 Å². The van der Waals surface area contributed by atoms with Crippen LogP contribution in [0.5, 0.6) is 0 Å². The van der Waals surface area contributed by atoms with E-state index in [1.807, 2.05) is 0 Å². The first-order valence-electron chi connectivity index (χ1n) is 7.85. The fourth-order valence-electron chi connectivity index (χ4n) is 4.67. The molecule has 1 N–H and O–H groups in total.